The maximum atomic E-state index is 5.82. The zero-order valence-corrected chi connectivity index (χ0v) is 8.04. The molecule has 0 aliphatic carbocycles. The highest BCUT2D eigenvalue weighted by atomic mass is 35.5. The summed E-state index contributed by atoms with van der Waals surface area (Å²) in [5.41, 5.74) is 7.24. The molecule has 0 unspecified atom stereocenters. The molecule has 0 spiro atoms. The minimum atomic E-state index is 0. The number of rotatable bonds is 1. The van der Waals surface area contributed by atoms with Gasteiger partial charge in [0.2, 0.25) is 0 Å². The van der Waals surface area contributed by atoms with Crippen molar-refractivity contribution in [1.82, 2.24) is 9.78 Å². The maximum absolute atomic E-state index is 5.82. The van der Waals surface area contributed by atoms with E-state index in [-0.39, 0.29) is 12.4 Å². The third-order valence-electron chi connectivity index (χ3n) is 1.49. The first-order valence-corrected chi connectivity index (χ1v) is 3.42. The van der Waals surface area contributed by atoms with Crippen LogP contribution in [0.3, 0.4) is 0 Å². The molecule has 1 aromatic heterocycles. The first kappa shape index (κ1) is 10.8. The molecule has 2 N–H and O–H groups in total. The van der Waals surface area contributed by atoms with Gasteiger partial charge in [-0.25, -0.2) is 0 Å². The molecule has 11 heavy (non-hydrogen) atoms. The highest BCUT2D eigenvalue weighted by Crippen LogP contribution is 2.16. The predicted molar refractivity (Wildman–Crippen MR) is 48.1 cm³/mol. The Labute approximate surface area is 76.9 Å². The van der Waals surface area contributed by atoms with E-state index in [1.165, 1.54) is 0 Å². The van der Waals surface area contributed by atoms with E-state index in [1.54, 1.807) is 11.7 Å². The summed E-state index contributed by atoms with van der Waals surface area (Å²) < 4.78 is 1.62. The smallest absolute Gasteiger partial charge is 0.129 e. The number of hydrogen-bond donors (Lipinski definition) is 1. The summed E-state index contributed by atoms with van der Waals surface area (Å²) in [6.45, 7) is 2.37. The molecule has 0 aromatic carbocycles. The summed E-state index contributed by atoms with van der Waals surface area (Å²) in [4.78, 5) is 0. The predicted octanol–water partition coefficient (Wildman–Crippen LogP) is 1.26. The van der Waals surface area contributed by atoms with Crippen LogP contribution in [0, 0.1) is 6.92 Å². The van der Waals surface area contributed by atoms with E-state index in [0.717, 1.165) is 11.3 Å². The number of aryl methyl sites for hydroxylation is 1. The zero-order chi connectivity index (χ0) is 7.72. The second kappa shape index (κ2) is 3.95. The van der Waals surface area contributed by atoms with Gasteiger partial charge >= 0.3 is 0 Å². The zero-order valence-electron chi connectivity index (χ0n) is 6.47. The topological polar surface area (TPSA) is 43.8 Å². The van der Waals surface area contributed by atoms with Crippen LogP contribution in [0.2, 0.25) is 5.15 Å². The van der Waals surface area contributed by atoms with E-state index < -0.39 is 0 Å². The van der Waals surface area contributed by atoms with E-state index in [4.69, 9.17) is 17.3 Å². The molecule has 1 aromatic rings. The minimum absolute atomic E-state index is 0. The number of hydrogen-bond acceptors (Lipinski definition) is 2. The number of aromatic nitrogens is 2. The van der Waals surface area contributed by atoms with Crippen LogP contribution in [0.5, 0.6) is 0 Å². The molecule has 0 bridgehead atoms. The van der Waals surface area contributed by atoms with E-state index in [2.05, 4.69) is 5.10 Å². The largest absolute Gasteiger partial charge is 0.325 e. The summed E-state index contributed by atoms with van der Waals surface area (Å²) in [5.74, 6) is 0. The van der Waals surface area contributed by atoms with E-state index >= 15 is 0 Å². The van der Waals surface area contributed by atoms with Crippen LogP contribution in [0.4, 0.5) is 0 Å². The van der Waals surface area contributed by atoms with Crippen molar-refractivity contribution in [3.8, 4) is 0 Å². The van der Waals surface area contributed by atoms with Crippen molar-refractivity contribution in [1.29, 1.82) is 0 Å². The van der Waals surface area contributed by atoms with Crippen LogP contribution in [0.25, 0.3) is 0 Å². The van der Waals surface area contributed by atoms with Gasteiger partial charge in [-0.15, -0.1) is 12.4 Å². The van der Waals surface area contributed by atoms with Crippen LogP contribution in [0.15, 0.2) is 0 Å². The average molecular weight is 196 g/mol. The molecule has 5 heteroatoms. The number of nitrogens with two attached hydrogens (primary N) is 1. The molecule has 0 saturated carbocycles. The fourth-order valence-corrected chi connectivity index (χ4v) is 1.00. The summed E-state index contributed by atoms with van der Waals surface area (Å²) in [6, 6.07) is 0. The highest BCUT2D eigenvalue weighted by Gasteiger charge is 2.06. The Morgan fingerprint density at radius 2 is 2.18 bits per heavy atom. The molecule has 64 valence electrons. The lowest BCUT2D eigenvalue weighted by Crippen LogP contribution is -1.99. The average Bonchev–Trinajstić information content (AvgIpc) is 2.17. The molecular weight excluding hydrogens is 185 g/mol. The van der Waals surface area contributed by atoms with Gasteiger partial charge in [-0.05, 0) is 6.92 Å². The third-order valence-corrected chi connectivity index (χ3v) is 2.02. The van der Waals surface area contributed by atoms with Gasteiger partial charge in [-0.2, -0.15) is 5.10 Å². The number of nitrogens with zero attached hydrogens (tertiary/aromatic N) is 2. The third kappa shape index (κ3) is 1.86. The molecule has 0 aliphatic heterocycles. The number of halogens is 2. The van der Waals surface area contributed by atoms with Crippen LogP contribution in [0.1, 0.15) is 11.3 Å². The standard InChI is InChI=1S/C6H10ClN3.ClH/c1-4-5(3-8)9-10(2)6(4)7;/h3,8H2,1-2H3;1H. The Kier molecular flexibility index (Phi) is 3.86. The van der Waals surface area contributed by atoms with Gasteiger partial charge in [0.05, 0.1) is 5.69 Å². The summed E-state index contributed by atoms with van der Waals surface area (Å²) in [5, 5.41) is 4.76. The Hall–Kier alpha value is -0.250. The van der Waals surface area contributed by atoms with Crippen molar-refractivity contribution >= 4 is 24.0 Å². The fourth-order valence-electron chi connectivity index (χ4n) is 0.856. The first-order valence-electron chi connectivity index (χ1n) is 3.05. The summed E-state index contributed by atoms with van der Waals surface area (Å²) in [6.07, 6.45) is 0. The molecule has 0 radical (unpaired) electrons. The lowest BCUT2D eigenvalue weighted by Gasteiger charge is -1.88. The van der Waals surface area contributed by atoms with Crippen molar-refractivity contribution in [2.24, 2.45) is 12.8 Å². The molecule has 1 heterocycles. The van der Waals surface area contributed by atoms with Crippen molar-refractivity contribution in [3.63, 3.8) is 0 Å². The van der Waals surface area contributed by atoms with Crippen molar-refractivity contribution in [2.75, 3.05) is 0 Å². The van der Waals surface area contributed by atoms with Crippen LogP contribution in [-0.4, -0.2) is 9.78 Å². The molecule has 0 aliphatic rings. The van der Waals surface area contributed by atoms with Crippen molar-refractivity contribution < 1.29 is 0 Å². The molecule has 1 rings (SSSR count). The van der Waals surface area contributed by atoms with Gasteiger partial charge in [0.1, 0.15) is 5.15 Å². The second-order valence-electron chi connectivity index (χ2n) is 2.19. The molecule has 0 saturated heterocycles. The monoisotopic (exact) mass is 195 g/mol. The minimum Gasteiger partial charge on any atom is -0.325 e. The van der Waals surface area contributed by atoms with Crippen LogP contribution in [-0.2, 0) is 13.6 Å². The SMILES string of the molecule is Cc1c(CN)nn(C)c1Cl.Cl. The lowest BCUT2D eigenvalue weighted by molar-refractivity contribution is 0.743. The van der Waals surface area contributed by atoms with E-state index in [0.29, 0.717) is 11.7 Å². The lowest BCUT2D eigenvalue weighted by atomic mass is 10.3. The van der Waals surface area contributed by atoms with Crippen molar-refractivity contribution in [2.45, 2.75) is 13.5 Å². The second-order valence-corrected chi connectivity index (χ2v) is 2.55. The van der Waals surface area contributed by atoms with Gasteiger partial charge in [0.15, 0.2) is 0 Å². The Balaban J connectivity index is 0.000001000. The Morgan fingerprint density at radius 1 is 1.64 bits per heavy atom. The van der Waals surface area contributed by atoms with Crippen molar-refractivity contribution in [3.05, 3.63) is 16.4 Å². The van der Waals surface area contributed by atoms with Gasteiger partial charge in [0.25, 0.3) is 0 Å². The van der Waals surface area contributed by atoms with Gasteiger partial charge in [0, 0.05) is 19.2 Å². The van der Waals surface area contributed by atoms with Gasteiger partial charge < -0.3 is 5.73 Å². The highest BCUT2D eigenvalue weighted by molar-refractivity contribution is 6.30. The van der Waals surface area contributed by atoms with Crippen LogP contribution < -0.4 is 5.73 Å². The van der Waals surface area contributed by atoms with Gasteiger partial charge in [-0.1, -0.05) is 11.6 Å². The Morgan fingerprint density at radius 3 is 2.36 bits per heavy atom. The normalized spacial score (nSPS) is 9.45. The molecular formula is C6H11Cl2N3. The Bertz CT molecular complexity index is 244. The molecule has 0 fully saturated rings. The maximum Gasteiger partial charge on any atom is 0.129 e. The quantitative estimate of drug-likeness (QED) is 0.734. The molecule has 0 atom stereocenters. The summed E-state index contributed by atoms with van der Waals surface area (Å²) in [7, 11) is 1.80. The summed E-state index contributed by atoms with van der Waals surface area (Å²) >= 11 is 5.82. The molecule has 0 amide bonds. The molecule has 3 nitrogen and oxygen atoms in total. The van der Waals surface area contributed by atoms with Crippen LogP contribution >= 0.6 is 24.0 Å². The van der Waals surface area contributed by atoms with E-state index in [9.17, 15) is 0 Å². The first-order chi connectivity index (χ1) is 4.66. The van der Waals surface area contributed by atoms with E-state index in [1.807, 2.05) is 6.92 Å². The fraction of sp³-hybridized carbons (Fsp3) is 0.500. The van der Waals surface area contributed by atoms with Gasteiger partial charge in [-0.3, -0.25) is 4.68 Å².